The minimum Gasteiger partial charge on any atom is -0.481 e. The van der Waals surface area contributed by atoms with E-state index in [1.165, 1.54) is 18.0 Å². The molecule has 0 aliphatic carbocycles. The van der Waals surface area contributed by atoms with Crippen molar-refractivity contribution in [1.82, 2.24) is 14.5 Å². The van der Waals surface area contributed by atoms with Gasteiger partial charge in [-0.15, -0.1) is 0 Å². The van der Waals surface area contributed by atoms with Crippen LogP contribution in [0.3, 0.4) is 0 Å². The van der Waals surface area contributed by atoms with Gasteiger partial charge in [-0.1, -0.05) is 0 Å². The van der Waals surface area contributed by atoms with Crippen LogP contribution in [0.1, 0.15) is 11.3 Å². The Kier molecular flexibility index (Phi) is 3.97. The minimum absolute atomic E-state index is 0.0609. The topological polar surface area (TPSA) is 136 Å². The lowest BCUT2D eigenvalue weighted by Crippen LogP contribution is -2.10. The second-order valence-corrected chi connectivity index (χ2v) is 5.20. The Morgan fingerprint density at radius 1 is 1.32 bits per heavy atom. The van der Waals surface area contributed by atoms with Gasteiger partial charge in [0.05, 0.1) is 12.6 Å². The molecular formula is C16H15N5O4. The van der Waals surface area contributed by atoms with Gasteiger partial charge < -0.3 is 20.3 Å². The monoisotopic (exact) mass is 341 g/mol. The Morgan fingerprint density at radius 2 is 2.08 bits per heavy atom. The van der Waals surface area contributed by atoms with E-state index in [1.807, 2.05) is 0 Å². The van der Waals surface area contributed by atoms with Gasteiger partial charge in [-0.2, -0.15) is 0 Å². The number of carbonyl (C=O) groups is 1. The summed E-state index contributed by atoms with van der Waals surface area (Å²) in [7, 11) is 1.34. The first-order chi connectivity index (χ1) is 11.9. The van der Waals surface area contributed by atoms with E-state index in [0.717, 1.165) is 0 Å². The van der Waals surface area contributed by atoms with Crippen molar-refractivity contribution in [3.05, 3.63) is 41.9 Å². The maximum Gasteiger partial charge on any atom is 0.416 e. The van der Waals surface area contributed by atoms with Crippen LogP contribution >= 0.6 is 0 Å². The first-order valence-corrected chi connectivity index (χ1v) is 7.19. The summed E-state index contributed by atoms with van der Waals surface area (Å²) in [6.07, 6.45) is 0.168. The van der Waals surface area contributed by atoms with Gasteiger partial charge in [0, 0.05) is 11.1 Å². The molecule has 3 rings (SSSR count). The number of hydrogen-bond donors (Lipinski definition) is 3. The Balaban J connectivity index is 2.04. The predicted octanol–water partition coefficient (Wildman–Crippen LogP) is 2.61. The standard InChI is InChI=1S/C16H15N5O4/c1-8-5-9-6-10(3-4-11(9)21(8)16(22)23)25-15-12(14(18)24-2)13(17)19-7-20-15/h3-7,18H,1-2H3,(H,22,23)(H2,17,19,20). The van der Waals surface area contributed by atoms with E-state index < -0.39 is 6.09 Å². The number of anilines is 1. The number of carboxylic acid groups (broad SMARTS) is 1. The Labute approximate surface area is 142 Å². The Morgan fingerprint density at radius 3 is 2.76 bits per heavy atom. The molecule has 0 bridgehead atoms. The van der Waals surface area contributed by atoms with Gasteiger partial charge in [0.2, 0.25) is 11.8 Å². The summed E-state index contributed by atoms with van der Waals surface area (Å²) in [4.78, 5) is 19.2. The van der Waals surface area contributed by atoms with Crippen LogP contribution < -0.4 is 10.5 Å². The van der Waals surface area contributed by atoms with Crippen molar-refractivity contribution in [2.45, 2.75) is 6.92 Å². The molecule has 3 aromatic rings. The summed E-state index contributed by atoms with van der Waals surface area (Å²) in [6.45, 7) is 1.71. The van der Waals surface area contributed by atoms with Crippen molar-refractivity contribution in [3.63, 3.8) is 0 Å². The molecule has 0 atom stereocenters. The van der Waals surface area contributed by atoms with Crippen LogP contribution in [-0.2, 0) is 4.74 Å². The number of fused-ring (bicyclic) bond motifs is 1. The Hall–Kier alpha value is -3.62. The average molecular weight is 341 g/mol. The molecule has 0 saturated heterocycles. The minimum atomic E-state index is -1.06. The summed E-state index contributed by atoms with van der Waals surface area (Å²) in [6, 6.07) is 6.67. The number of ether oxygens (including phenoxy) is 2. The summed E-state index contributed by atoms with van der Waals surface area (Å²) in [5, 5.41) is 17.8. The van der Waals surface area contributed by atoms with Crippen LogP contribution in [0, 0.1) is 12.3 Å². The van der Waals surface area contributed by atoms with E-state index >= 15 is 0 Å². The quantitative estimate of drug-likeness (QED) is 0.492. The third-order valence-electron chi connectivity index (χ3n) is 3.64. The molecule has 4 N–H and O–H groups in total. The molecule has 0 aliphatic rings. The van der Waals surface area contributed by atoms with Crippen molar-refractivity contribution in [2.75, 3.05) is 12.8 Å². The first-order valence-electron chi connectivity index (χ1n) is 7.19. The molecule has 0 aliphatic heterocycles. The van der Waals surface area contributed by atoms with Gasteiger partial charge in [0.15, 0.2) is 0 Å². The van der Waals surface area contributed by atoms with Crippen molar-refractivity contribution in [2.24, 2.45) is 0 Å². The second kappa shape index (κ2) is 6.11. The largest absolute Gasteiger partial charge is 0.481 e. The van der Waals surface area contributed by atoms with E-state index in [0.29, 0.717) is 22.3 Å². The second-order valence-electron chi connectivity index (χ2n) is 5.20. The van der Waals surface area contributed by atoms with Gasteiger partial charge >= 0.3 is 6.09 Å². The van der Waals surface area contributed by atoms with Crippen LogP contribution in [0.4, 0.5) is 10.6 Å². The SMILES string of the molecule is COC(=N)c1c(N)ncnc1Oc1ccc2c(c1)cc(C)n2C(=O)O. The molecule has 0 saturated carbocycles. The molecule has 2 aromatic heterocycles. The smallest absolute Gasteiger partial charge is 0.416 e. The van der Waals surface area contributed by atoms with Crippen LogP contribution in [0.5, 0.6) is 11.6 Å². The fraction of sp³-hybridized carbons (Fsp3) is 0.125. The highest BCUT2D eigenvalue weighted by Crippen LogP contribution is 2.30. The number of methoxy groups -OCH3 is 1. The molecular weight excluding hydrogens is 326 g/mol. The number of nitrogens with zero attached hydrogens (tertiary/aromatic N) is 3. The van der Waals surface area contributed by atoms with E-state index in [9.17, 15) is 9.90 Å². The summed E-state index contributed by atoms with van der Waals surface area (Å²) >= 11 is 0. The summed E-state index contributed by atoms with van der Waals surface area (Å²) in [5.41, 5.74) is 7.06. The first kappa shape index (κ1) is 16.2. The summed E-state index contributed by atoms with van der Waals surface area (Å²) in [5.74, 6) is 0.333. The zero-order chi connectivity index (χ0) is 18.1. The molecule has 2 heterocycles. The van der Waals surface area contributed by atoms with Gasteiger partial charge in [0.25, 0.3) is 0 Å². The molecule has 9 heteroatoms. The van der Waals surface area contributed by atoms with Crippen LogP contribution in [-0.4, -0.2) is 38.7 Å². The van der Waals surface area contributed by atoms with Crippen LogP contribution in [0.2, 0.25) is 0 Å². The number of benzene rings is 1. The number of nitrogens with one attached hydrogen (secondary N) is 1. The van der Waals surface area contributed by atoms with E-state index in [2.05, 4.69) is 9.97 Å². The normalized spacial score (nSPS) is 10.6. The predicted molar refractivity (Wildman–Crippen MR) is 90.5 cm³/mol. The van der Waals surface area contributed by atoms with Crippen LogP contribution in [0.25, 0.3) is 10.9 Å². The highest BCUT2D eigenvalue weighted by atomic mass is 16.5. The number of aromatic nitrogens is 3. The Bertz CT molecular complexity index is 996. The molecule has 128 valence electrons. The number of rotatable bonds is 3. The molecule has 9 nitrogen and oxygen atoms in total. The lowest BCUT2D eigenvalue weighted by Gasteiger charge is -2.11. The molecule has 1 aromatic carbocycles. The highest BCUT2D eigenvalue weighted by Gasteiger charge is 2.18. The fourth-order valence-corrected chi connectivity index (χ4v) is 2.54. The third kappa shape index (κ3) is 2.82. The summed E-state index contributed by atoms with van der Waals surface area (Å²) < 4.78 is 11.8. The maximum absolute atomic E-state index is 11.3. The van der Waals surface area contributed by atoms with E-state index in [-0.39, 0.29) is 23.2 Å². The van der Waals surface area contributed by atoms with Gasteiger partial charge in [-0.25, -0.2) is 14.8 Å². The molecule has 0 fully saturated rings. The molecule has 0 amide bonds. The molecule has 0 radical (unpaired) electrons. The number of nitrogen functional groups attached to an aromatic ring is 1. The highest BCUT2D eigenvalue weighted by molar-refractivity contribution is 5.98. The zero-order valence-electron chi connectivity index (χ0n) is 13.5. The number of aryl methyl sites for hydroxylation is 1. The molecule has 0 spiro atoms. The van der Waals surface area contributed by atoms with Crippen molar-refractivity contribution >= 4 is 28.7 Å². The maximum atomic E-state index is 11.3. The van der Waals surface area contributed by atoms with Gasteiger partial charge in [-0.3, -0.25) is 9.98 Å². The fourth-order valence-electron chi connectivity index (χ4n) is 2.54. The van der Waals surface area contributed by atoms with Gasteiger partial charge in [-0.05, 0) is 31.2 Å². The lowest BCUT2D eigenvalue weighted by atomic mass is 10.2. The lowest BCUT2D eigenvalue weighted by molar-refractivity contribution is 0.197. The van der Waals surface area contributed by atoms with E-state index in [1.54, 1.807) is 31.2 Å². The molecule has 0 unspecified atom stereocenters. The molecule has 25 heavy (non-hydrogen) atoms. The third-order valence-corrected chi connectivity index (χ3v) is 3.64. The average Bonchev–Trinajstić information content (AvgIpc) is 2.89. The van der Waals surface area contributed by atoms with Crippen molar-refractivity contribution in [1.29, 1.82) is 5.41 Å². The number of hydrogen-bond acceptors (Lipinski definition) is 7. The van der Waals surface area contributed by atoms with Gasteiger partial charge in [0.1, 0.15) is 23.5 Å². The van der Waals surface area contributed by atoms with Crippen molar-refractivity contribution in [3.8, 4) is 11.6 Å². The van der Waals surface area contributed by atoms with Crippen molar-refractivity contribution < 1.29 is 19.4 Å². The van der Waals surface area contributed by atoms with E-state index in [4.69, 9.17) is 20.6 Å². The zero-order valence-corrected chi connectivity index (χ0v) is 13.5. The van der Waals surface area contributed by atoms with Crippen LogP contribution in [0.15, 0.2) is 30.6 Å². The number of nitrogens with two attached hydrogens (primary N) is 1.